The molecule has 0 aliphatic heterocycles. The maximum Gasteiger partial charge on any atom is 0.254 e. The van der Waals surface area contributed by atoms with E-state index in [1.807, 2.05) is 24.4 Å². The molecule has 5 nitrogen and oxygen atoms in total. The molecular weight excluding hydrogens is 312 g/mol. The number of hydrogen-bond donors (Lipinski definition) is 1. The average molecular weight is 330 g/mol. The van der Waals surface area contributed by atoms with E-state index in [9.17, 15) is 4.79 Å². The highest BCUT2D eigenvalue weighted by Crippen LogP contribution is 2.21. The van der Waals surface area contributed by atoms with Gasteiger partial charge in [0.2, 0.25) is 0 Å². The summed E-state index contributed by atoms with van der Waals surface area (Å²) >= 11 is 0. The van der Waals surface area contributed by atoms with Crippen LogP contribution in [0.5, 0.6) is 0 Å². The lowest BCUT2D eigenvalue weighted by molar-refractivity contribution is -0.120. The third kappa shape index (κ3) is 3.93. The van der Waals surface area contributed by atoms with Gasteiger partial charge in [-0.15, -0.1) is 0 Å². The summed E-state index contributed by atoms with van der Waals surface area (Å²) in [4.78, 5) is 11.3. The largest absolute Gasteiger partial charge is 0.342 e. The molecule has 0 saturated heterocycles. The second-order valence-corrected chi connectivity index (χ2v) is 5.84. The number of para-hydroxylation sites is 1. The summed E-state index contributed by atoms with van der Waals surface area (Å²) in [6, 6.07) is 18.3. The van der Waals surface area contributed by atoms with E-state index in [0.29, 0.717) is 0 Å². The minimum Gasteiger partial charge on any atom is -0.342 e. The lowest BCUT2D eigenvalue weighted by Crippen LogP contribution is -2.16. The van der Waals surface area contributed by atoms with Crippen molar-refractivity contribution in [2.75, 3.05) is 0 Å². The van der Waals surface area contributed by atoms with Crippen LogP contribution in [0.25, 0.3) is 10.9 Å². The normalized spacial score (nSPS) is 10.9. The first kappa shape index (κ1) is 16.5. The van der Waals surface area contributed by atoms with Crippen LogP contribution in [0, 0.1) is 18.3 Å². The Hall–Kier alpha value is -3.39. The van der Waals surface area contributed by atoms with Gasteiger partial charge in [0.05, 0.1) is 12.3 Å². The summed E-state index contributed by atoms with van der Waals surface area (Å²) in [7, 11) is 0. The molecule has 1 aromatic heterocycles. The zero-order valence-electron chi connectivity index (χ0n) is 13.9. The molecule has 124 valence electrons. The maximum absolute atomic E-state index is 11.3. The molecule has 0 fully saturated rings. The van der Waals surface area contributed by atoms with Crippen molar-refractivity contribution in [2.45, 2.75) is 19.9 Å². The molecule has 3 rings (SSSR count). The molecule has 25 heavy (non-hydrogen) atoms. The molecule has 5 heteroatoms. The Balaban J connectivity index is 1.87. The Bertz CT molecular complexity index is 962. The predicted octanol–water partition coefficient (Wildman–Crippen LogP) is 3.36. The van der Waals surface area contributed by atoms with Crippen LogP contribution >= 0.6 is 0 Å². The molecule has 0 saturated carbocycles. The fraction of sp³-hybridized carbons (Fsp3) is 0.150. The number of carbonyl (C=O) groups excluding carboxylic acids is 1. The van der Waals surface area contributed by atoms with Gasteiger partial charge in [0.1, 0.15) is 6.42 Å². The van der Waals surface area contributed by atoms with Crippen molar-refractivity contribution in [1.29, 1.82) is 5.26 Å². The fourth-order valence-electron chi connectivity index (χ4n) is 2.68. The number of benzene rings is 2. The van der Waals surface area contributed by atoms with Gasteiger partial charge in [-0.1, -0.05) is 48.0 Å². The zero-order valence-corrected chi connectivity index (χ0v) is 13.9. The Labute approximate surface area is 146 Å². The number of hydrazone groups is 1. The molecule has 0 unspecified atom stereocenters. The lowest BCUT2D eigenvalue weighted by atomic mass is 10.1. The third-order valence-corrected chi connectivity index (χ3v) is 3.93. The molecule has 2 aromatic carbocycles. The van der Waals surface area contributed by atoms with Crippen molar-refractivity contribution in [2.24, 2.45) is 5.10 Å². The first-order chi connectivity index (χ1) is 12.2. The van der Waals surface area contributed by atoms with Gasteiger partial charge in [0.15, 0.2) is 0 Å². The van der Waals surface area contributed by atoms with Gasteiger partial charge < -0.3 is 4.57 Å². The van der Waals surface area contributed by atoms with Gasteiger partial charge in [-0.05, 0) is 18.6 Å². The number of aryl methyl sites for hydroxylation is 1. The van der Waals surface area contributed by atoms with Crippen molar-refractivity contribution in [1.82, 2.24) is 9.99 Å². The molecule has 3 aromatic rings. The van der Waals surface area contributed by atoms with Crippen molar-refractivity contribution < 1.29 is 4.79 Å². The predicted molar refractivity (Wildman–Crippen MR) is 98.2 cm³/mol. The Morgan fingerprint density at radius 1 is 1.24 bits per heavy atom. The molecule has 1 amide bonds. The van der Waals surface area contributed by atoms with E-state index in [4.69, 9.17) is 5.26 Å². The van der Waals surface area contributed by atoms with Crippen molar-refractivity contribution in [3.05, 3.63) is 71.4 Å². The molecule has 1 heterocycles. The summed E-state index contributed by atoms with van der Waals surface area (Å²) in [5.74, 6) is -0.415. The monoisotopic (exact) mass is 330 g/mol. The van der Waals surface area contributed by atoms with Gasteiger partial charge in [-0.3, -0.25) is 4.79 Å². The Kier molecular flexibility index (Phi) is 4.91. The number of nitrogens with zero attached hydrogens (tertiary/aromatic N) is 3. The van der Waals surface area contributed by atoms with E-state index in [1.165, 1.54) is 11.1 Å². The summed E-state index contributed by atoms with van der Waals surface area (Å²) in [6.07, 6.45) is 3.43. The minimum absolute atomic E-state index is 0.202. The van der Waals surface area contributed by atoms with E-state index in [2.05, 4.69) is 52.3 Å². The van der Waals surface area contributed by atoms with E-state index in [0.717, 1.165) is 23.0 Å². The van der Waals surface area contributed by atoms with E-state index in [-0.39, 0.29) is 6.42 Å². The smallest absolute Gasteiger partial charge is 0.254 e. The van der Waals surface area contributed by atoms with Gasteiger partial charge in [-0.25, -0.2) is 5.43 Å². The number of hydrogen-bond acceptors (Lipinski definition) is 3. The molecule has 0 atom stereocenters. The molecule has 0 bridgehead atoms. The number of fused-ring (bicyclic) bond motifs is 1. The van der Waals surface area contributed by atoms with Crippen molar-refractivity contribution in [3.63, 3.8) is 0 Å². The van der Waals surface area contributed by atoms with Crippen LogP contribution in [0.1, 0.15) is 23.1 Å². The van der Waals surface area contributed by atoms with Gasteiger partial charge >= 0.3 is 0 Å². The highest BCUT2D eigenvalue weighted by molar-refractivity contribution is 5.99. The number of rotatable bonds is 5. The molecule has 0 spiro atoms. The molecule has 0 radical (unpaired) electrons. The lowest BCUT2D eigenvalue weighted by Gasteiger charge is -2.06. The van der Waals surface area contributed by atoms with Gasteiger partial charge in [-0.2, -0.15) is 10.4 Å². The fourth-order valence-corrected chi connectivity index (χ4v) is 2.68. The zero-order chi connectivity index (χ0) is 17.6. The number of nitrogens with one attached hydrogen (secondary N) is 1. The van der Waals surface area contributed by atoms with Crippen LogP contribution in [0.15, 0.2) is 59.8 Å². The SMILES string of the molecule is Cc1ccc(Cn2cc(C=NNC(=O)CC#N)c3ccccc32)cc1. The van der Waals surface area contributed by atoms with Gasteiger partial charge in [0, 0.05) is 29.2 Å². The number of amides is 1. The Morgan fingerprint density at radius 3 is 2.76 bits per heavy atom. The number of aromatic nitrogens is 1. The molecule has 0 aliphatic rings. The highest BCUT2D eigenvalue weighted by atomic mass is 16.2. The molecular formula is C20H18N4O. The van der Waals surface area contributed by atoms with Crippen molar-refractivity contribution in [3.8, 4) is 6.07 Å². The van der Waals surface area contributed by atoms with Crippen LogP contribution < -0.4 is 5.43 Å². The van der Waals surface area contributed by atoms with Crippen molar-refractivity contribution >= 4 is 23.0 Å². The summed E-state index contributed by atoms with van der Waals surface area (Å²) in [6.45, 7) is 2.83. The summed E-state index contributed by atoms with van der Waals surface area (Å²) < 4.78 is 2.17. The van der Waals surface area contributed by atoms with Crippen LogP contribution in [0.4, 0.5) is 0 Å². The standard InChI is InChI=1S/C20H18N4O/c1-15-6-8-16(9-7-15)13-24-14-17(12-22-23-20(25)10-11-21)18-4-2-3-5-19(18)24/h2-9,12,14H,10,13H2,1H3,(H,23,25). The van der Waals surface area contributed by atoms with E-state index >= 15 is 0 Å². The summed E-state index contributed by atoms with van der Waals surface area (Å²) in [5.41, 5.74) is 6.84. The maximum atomic E-state index is 11.3. The molecule has 1 N–H and O–H groups in total. The van der Waals surface area contributed by atoms with Crippen LogP contribution in [0.2, 0.25) is 0 Å². The van der Waals surface area contributed by atoms with Gasteiger partial charge in [0.25, 0.3) is 5.91 Å². The van der Waals surface area contributed by atoms with Crippen LogP contribution in [-0.4, -0.2) is 16.7 Å². The van der Waals surface area contributed by atoms with Crippen LogP contribution in [0.3, 0.4) is 0 Å². The number of nitriles is 1. The first-order valence-electron chi connectivity index (χ1n) is 7.99. The van der Waals surface area contributed by atoms with E-state index in [1.54, 1.807) is 12.3 Å². The third-order valence-electron chi connectivity index (χ3n) is 3.93. The molecule has 0 aliphatic carbocycles. The Morgan fingerprint density at radius 2 is 2.00 bits per heavy atom. The minimum atomic E-state index is -0.415. The topological polar surface area (TPSA) is 70.2 Å². The first-order valence-corrected chi connectivity index (χ1v) is 7.99. The second-order valence-electron chi connectivity index (χ2n) is 5.84. The van der Waals surface area contributed by atoms with E-state index < -0.39 is 5.91 Å². The number of carbonyl (C=O) groups is 1. The quantitative estimate of drug-likeness (QED) is 0.575. The van der Waals surface area contributed by atoms with Crippen LogP contribution in [-0.2, 0) is 11.3 Å². The average Bonchev–Trinajstić information content (AvgIpc) is 2.95. The summed E-state index contributed by atoms with van der Waals surface area (Å²) in [5, 5.41) is 13.5. The second kappa shape index (κ2) is 7.45. The highest BCUT2D eigenvalue weighted by Gasteiger charge is 2.07.